The van der Waals surface area contributed by atoms with Gasteiger partial charge in [0.2, 0.25) is 5.88 Å². The van der Waals surface area contributed by atoms with E-state index in [0.29, 0.717) is 34.7 Å². The standard InChI is InChI=1S/C25H20ClN3O2S/c1-15-22-20(18(13-30)12-27-15)11-21-24(31-22)28-23(17-7-3-2-4-8-17)29-25(21)32-14-16-6-5-9-19(26)10-16/h2-10,12,30H,11,13-14H2,1H3. The van der Waals surface area contributed by atoms with Gasteiger partial charge in [-0.2, -0.15) is 4.98 Å². The zero-order valence-corrected chi connectivity index (χ0v) is 19.0. The molecular weight excluding hydrogens is 442 g/mol. The second-order valence-electron chi connectivity index (χ2n) is 7.53. The van der Waals surface area contributed by atoms with Gasteiger partial charge in [-0.3, -0.25) is 4.98 Å². The molecule has 5 rings (SSSR count). The highest BCUT2D eigenvalue weighted by Crippen LogP contribution is 2.43. The Morgan fingerprint density at radius 2 is 1.91 bits per heavy atom. The van der Waals surface area contributed by atoms with Crippen LogP contribution in [0, 0.1) is 6.92 Å². The van der Waals surface area contributed by atoms with Gasteiger partial charge in [-0.25, -0.2) is 4.98 Å². The fourth-order valence-corrected chi connectivity index (χ4v) is 4.89. The molecule has 7 heteroatoms. The average Bonchev–Trinajstić information content (AvgIpc) is 2.82. The minimum atomic E-state index is -0.0950. The quantitative estimate of drug-likeness (QED) is 0.256. The molecule has 32 heavy (non-hydrogen) atoms. The summed E-state index contributed by atoms with van der Waals surface area (Å²) < 4.78 is 6.27. The van der Waals surface area contributed by atoms with Crippen LogP contribution in [0.2, 0.25) is 5.02 Å². The highest BCUT2D eigenvalue weighted by atomic mass is 35.5. The van der Waals surface area contributed by atoms with Gasteiger partial charge >= 0.3 is 0 Å². The van der Waals surface area contributed by atoms with Crippen LogP contribution in [0.15, 0.2) is 65.8 Å². The summed E-state index contributed by atoms with van der Waals surface area (Å²) in [5, 5.41) is 11.4. The van der Waals surface area contributed by atoms with Gasteiger partial charge in [0.1, 0.15) is 5.03 Å². The van der Waals surface area contributed by atoms with Gasteiger partial charge < -0.3 is 9.84 Å². The predicted molar refractivity (Wildman–Crippen MR) is 126 cm³/mol. The lowest BCUT2D eigenvalue weighted by Crippen LogP contribution is -2.13. The normalized spacial score (nSPS) is 12.1. The monoisotopic (exact) mass is 461 g/mol. The van der Waals surface area contributed by atoms with Crippen LogP contribution in [-0.2, 0) is 18.8 Å². The van der Waals surface area contributed by atoms with Crippen LogP contribution in [0.3, 0.4) is 0 Å². The van der Waals surface area contributed by atoms with E-state index in [-0.39, 0.29) is 6.61 Å². The molecule has 0 unspecified atom stereocenters. The Bertz CT molecular complexity index is 1300. The number of aliphatic hydroxyl groups is 1. The van der Waals surface area contributed by atoms with E-state index in [9.17, 15) is 5.11 Å². The SMILES string of the molecule is Cc1ncc(CO)c2c1Oc1nc(-c3ccccc3)nc(SCc3cccc(Cl)c3)c1C2. The van der Waals surface area contributed by atoms with Crippen molar-refractivity contribution < 1.29 is 9.84 Å². The van der Waals surface area contributed by atoms with Crippen LogP contribution in [0.25, 0.3) is 11.4 Å². The zero-order chi connectivity index (χ0) is 22.1. The Morgan fingerprint density at radius 1 is 1.06 bits per heavy atom. The van der Waals surface area contributed by atoms with Gasteiger partial charge in [-0.15, -0.1) is 11.8 Å². The number of thioether (sulfide) groups is 1. The first-order chi connectivity index (χ1) is 15.6. The molecule has 1 N–H and O–H groups in total. The maximum atomic E-state index is 9.83. The Balaban J connectivity index is 1.59. The summed E-state index contributed by atoms with van der Waals surface area (Å²) in [7, 11) is 0. The van der Waals surface area contributed by atoms with E-state index >= 15 is 0 Å². The molecule has 0 saturated heterocycles. The fraction of sp³-hybridized carbons (Fsp3) is 0.160. The molecule has 0 radical (unpaired) electrons. The predicted octanol–water partition coefficient (Wildman–Crippen LogP) is 5.98. The number of nitrogens with zero attached hydrogens (tertiary/aromatic N) is 3. The van der Waals surface area contributed by atoms with E-state index in [1.54, 1.807) is 18.0 Å². The number of fused-ring (bicyclic) bond motifs is 2. The van der Waals surface area contributed by atoms with Crippen molar-refractivity contribution in [1.82, 2.24) is 15.0 Å². The summed E-state index contributed by atoms with van der Waals surface area (Å²) >= 11 is 7.80. The third-order valence-corrected chi connectivity index (χ3v) is 6.68. The molecular formula is C25H20ClN3O2S. The number of hydrogen-bond donors (Lipinski definition) is 1. The van der Waals surface area contributed by atoms with Crippen molar-refractivity contribution in [3.8, 4) is 23.0 Å². The highest BCUT2D eigenvalue weighted by molar-refractivity contribution is 7.98. The summed E-state index contributed by atoms with van der Waals surface area (Å²) in [4.78, 5) is 14.0. The fourth-order valence-electron chi connectivity index (χ4n) is 3.71. The molecule has 0 bridgehead atoms. The molecule has 3 heterocycles. The van der Waals surface area contributed by atoms with E-state index in [1.807, 2.05) is 55.5 Å². The third-order valence-electron chi connectivity index (χ3n) is 5.35. The lowest BCUT2D eigenvalue weighted by atomic mass is 9.99. The number of hydrogen-bond acceptors (Lipinski definition) is 6. The summed E-state index contributed by atoms with van der Waals surface area (Å²) in [6.45, 7) is 1.81. The van der Waals surface area contributed by atoms with Gasteiger partial charge in [0.15, 0.2) is 11.6 Å². The molecule has 1 aliphatic rings. The molecule has 2 aromatic heterocycles. The lowest BCUT2D eigenvalue weighted by molar-refractivity contribution is 0.278. The van der Waals surface area contributed by atoms with Crippen LogP contribution < -0.4 is 4.74 Å². The van der Waals surface area contributed by atoms with E-state index < -0.39 is 0 Å². The first kappa shape index (κ1) is 20.9. The number of aryl methyl sites for hydroxylation is 1. The Labute approximate surface area is 195 Å². The van der Waals surface area contributed by atoms with Crippen molar-refractivity contribution in [2.24, 2.45) is 0 Å². The Morgan fingerprint density at radius 3 is 2.69 bits per heavy atom. The van der Waals surface area contributed by atoms with Crippen molar-refractivity contribution in [2.75, 3.05) is 0 Å². The molecule has 0 spiro atoms. The van der Waals surface area contributed by atoms with E-state index in [4.69, 9.17) is 26.3 Å². The average molecular weight is 462 g/mol. The van der Waals surface area contributed by atoms with Crippen LogP contribution in [0.5, 0.6) is 11.6 Å². The first-order valence-corrected chi connectivity index (χ1v) is 11.6. The molecule has 1 aliphatic heterocycles. The van der Waals surface area contributed by atoms with Gasteiger partial charge in [-0.05, 0) is 24.6 Å². The van der Waals surface area contributed by atoms with Gasteiger partial charge in [0.05, 0.1) is 17.9 Å². The Kier molecular flexibility index (Phi) is 5.83. The third kappa shape index (κ3) is 4.09. The topological polar surface area (TPSA) is 68.1 Å². The summed E-state index contributed by atoms with van der Waals surface area (Å²) in [5.74, 6) is 2.55. The molecule has 0 saturated carbocycles. The van der Waals surface area contributed by atoms with Crippen molar-refractivity contribution in [1.29, 1.82) is 0 Å². The zero-order valence-electron chi connectivity index (χ0n) is 17.4. The van der Waals surface area contributed by atoms with Crippen LogP contribution in [-0.4, -0.2) is 20.1 Å². The van der Waals surface area contributed by atoms with Crippen LogP contribution >= 0.6 is 23.4 Å². The molecule has 0 fully saturated rings. The second-order valence-corrected chi connectivity index (χ2v) is 8.93. The highest BCUT2D eigenvalue weighted by Gasteiger charge is 2.27. The first-order valence-electron chi connectivity index (χ1n) is 10.2. The molecule has 2 aromatic carbocycles. The van der Waals surface area contributed by atoms with Crippen LogP contribution in [0.1, 0.15) is 27.9 Å². The number of aliphatic hydroxyl groups excluding tert-OH is 1. The Hall–Kier alpha value is -2.93. The molecule has 0 amide bonds. The summed E-state index contributed by atoms with van der Waals surface area (Å²) in [6.07, 6.45) is 2.29. The number of benzene rings is 2. The van der Waals surface area contributed by atoms with Gasteiger partial charge in [0.25, 0.3) is 0 Å². The number of pyridine rings is 1. The lowest BCUT2D eigenvalue weighted by Gasteiger charge is -2.24. The maximum absolute atomic E-state index is 9.83. The van der Waals surface area contributed by atoms with Crippen LogP contribution in [0.4, 0.5) is 0 Å². The largest absolute Gasteiger partial charge is 0.436 e. The maximum Gasteiger partial charge on any atom is 0.227 e. The van der Waals surface area contributed by atoms with Crippen molar-refractivity contribution in [2.45, 2.75) is 30.7 Å². The molecule has 4 aromatic rings. The van der Waals surface area contributed by atoms with Crippen molar-refractivity contribution >= 4 is 23.4 Å². The number of aromatic nitrogens is 3. The van der Waals surface area contributed by atoms with E-state index in [1.165, 1.54) is 0 Å². The molecule has 0 aliphatic carbocycles. The summed E-state index contributed by atoms with van der Waals surface area (Å²) in [6, 6.07) is 17.7. The minimum Gasteiger partial charge on any atom is -0.436 e. The van der Waals surface area contributed by atoms with Gasteiger partial charge in [0, 0.05) is 40.1 Å². The van der Waals surface area contributed by atoms with E-state index in [0.717, 1.165) is 38.5 Å². The van der Waals surface area contributed by atoms with E-state index in [2.05, 4.69) is 11.1 Å². The number of rotatable bonds is 5. The molecule has 0 atom stereocenters. The van der Waals surface area contributed by atoms with Crippen molar-refractivity contribution in [3.05, 3.63) is 93.8 Å². The second kappa shape index (κ2) is 8.90. The number of halogens is 1. The minimum absolute atomic E-state index is 0.0950. The van der Waals surface area contributed by atoms with Crippen molar-refractivity contribution in [3.63, 3.8) is 0 Å². The molecule has 5 nitrogen and oxygen atoms in total. The smallest absolute Gasteiger partial charge is 0.227 e. The number of ether oxygens (including phenoxy) is 1. The molecule has 160 valence electrons. The van der Waals surface area contributed by atoms with Gasteiger partial charge in [-0.1, -0.05) is 54.1 Å². The summed E-state index contributed by atoms with van der Waals surface area (Å²) in [5.41, 5.74) is 5.43.